The maximum atomic E-state index is 11.6. The van der Waals surface area contributed by atoms with E-state index in [1.54, 1.807) is 6.07 Å². The number of nitrogens with one attached hydrogen (secondary N) is 1. The Morgan fingerprint density at radius 3 is 2.80 bits per heavy atom. The summed E-state index contributed by atoms with van der Waals surface area (Å²) in [5, 5.41) is 20.2. The Kier molecular flexibility index (Phi) is 6.31. The van der Waals surface area contributed by atoms with Crippen LogP contribution in [0.5, 0.6) is 0 Å². The molecule has 0 spiro atoms. The summed E-state index contributed by atoms with van der Waals surface area (Å²) in [7, 11) is 0. The van der Waals surface area contributed by atoms with Crippen LogP contribution < -0.4 is 11.1 Å². The van der Waals surface area contributed by atoms with Crippen molar-refractivity contribution >= 4 is 40.9 Å². The van der Waals surface area contributed by atoms with Crippen LogP contribution in [-0.2, 0) is 9.59 Å². The Hall–Kier alpha value is -1.75. The van der Waals surface area contributed by atoms with E-state index in [-0.39, 0.29) is 22.4 Å². The summed E-state index contributed by atoms with van der Waals surface area (Å²) in [6.45, 7) is 0. The number of amides is 1. The van der Waals surface area contributed by atoms with Gasteiger partial charge in [0.25, 0.3) is 0 Å². The number of benzene rings is 1. The van der Waals surface area contributed by atoms with Gasteiger partial charge in [0.15, 0.2) is 0 Å². The van der Waals surface area contributed by atoms with Crippen molar-refractivity contribution in [2.75, 3.05) is 16.8 Å². The molecule has 0 bridgehead atoms. The van der Waals surface area contributed by atoms with Crippen molar-refractivity contribution < 1.29 is 14.7 Å². The zero-order valence-electron chi connectivity index (χ0n) is 10.3. The fourth-order valence-electron chi connectivity index (χ4n) is 1.23. The zero-order valence-corrected chi connectivity index (χ0v) is 11.9. The van der Waals surface area contributed by atoms with E-state index in [0.717, 1.165) is 11.8 Å². The monoisotopic (exact) mass is 313 g/mol. The van der Waals surface area contributed by atoms with Crippen LogP contribution in [0.1, 0.15) is 5.56 Å². The number of hydrogen-bond acceptors (Lipinski definition) is 5. The largest absolute Gasteiger partial charge is 0.480 e. The number of carboxylic acid groups (broad SMARTS) is 1. The van der Waals surface area contributed by atoms with Crippen LogP contribution in [0.4, 0.5) is 5.69 Å². The molecule has 1 aromatic carbocycles. The molecule has 0 saturated carbocycles. The van der Waals surface area contributed by atoms with E-state index < -0.39 is 12.0 Å². The molecule has 4 N–H and O–H groups in total. The van der Waals surface area contributed by atoms with Crippen molar-refractivity contribution in [1.29, 1.82) is 5.26 Å². The highest BCUT2D eigenvalue weighted by atomic mass is 35.5. The second-order valence-electron chi connectivity index (χ2n) is 3.81. The number of rotatable bonds is 6. The van der Waals surface area contributed by atoms with E-state index in [1.165, 1.54) is 12.1 Å². The van der Waals surface area contributed by atoms with Gasteiger partial charge >= 0.3 is 5.97 Å². The van der Waals surface area contributed by atoms with E-state index in [9.17, 15) is 9.59 Å². The predicted octanol–water partition coefficient (Wildman–Crippen LogP) is 1.30. The molecule has 0 aliphatic carbocycles. The summed E-state index contributed by atoms with van der Waals surface area (Å²) in [5.41, 5.74) is 6.11. The third kappa shape index (κ3) is 5.09. The standard InChI is InChI=1S/C12H12ClN3O3S/c13-9-3-8(2-1-7(9)4-14)16-11(17)6-20-5-10(15)12(18)19/h1-3,10H,5-6,15H2,(H,16,17)(H,18,19)/t10-/m1/s1. The van der Waals surface area contributed by atoms with Gasteiger partial charge in [-0.15, -0.1) is 11.8 Å². The molecule has 0 unspecified atom stereocenters. The van der Waals surface area contributed by atoms with Crippen LogP contribution in [0.2, 0.25) is 5.02 Å². The molecule has 0 heterocycles. The minimum atomic E-state index is -1.10. The number of anilines is 1. The topological polar surface area (TPSA) is 116 Å². The first-order valence-corrected chi connectivity index (χ1v) is 7.03. The number of carbonyl (C=O) groups excluding carboxylic acids is 1. The highest BCUT2D eigenvalue weighted by molar-refractivity contribution is 8.00. The zero-order chi connectivity index (χ0) is 15.1. The van der Waals surface area contributed by atoms with Crippen LogP contribution in [0, 0.1) is 11.3 Å². The first kappa shape index (κ1) is 16.3. The van der Waals surface area contributed by atoms with Crippen LogP contribution in [-0.4, -0.2) is 34.5 Å². The third-order valence-electron chi connectivity index (χ3n) is 2.22. The van der Waals surface area contributed by atoms with Gasteiger partial charge in [-0.3, -0.25) is 9.59 Å². The molecule has 1 aromatic rings. The van der Waals surface area contributed by atoms with E-state index in [1.807, 2.05) is 6.07 Å². The maximum Gasteiger partial charge on any atom is 0.321 e. The van der Waals surface area contributed by atoms with Gasteiger partial charge in [0.05, 0.1) is 16.3 Å². The first-order valence-electron chi connectivity index (χ1n) is 5.49. The van der Waals surface area contributed by atoms with Crippen LogP contribution in [0.15, 0.2) is 18.2 Å². The molecule has 0 radical (unpaired) electrons. The second-order valence-corrected chi connectivity index (χ2v) is 5.25. The molecule has 0 aliphatic heterocycles. The van der Waals surface area contributed by atoms with Crippen molar-refractivity contribution in [1.82, 2.24) is 0 Å². The number of nitrogens with two attached hydrogens (primary N) is 1. The van der Waals surface area contributed by atoms with Crippen molar-refractivity contribution in [3.8, 4) is 6.07 Å². The molecular formula is C12H12ClN3O3S. The lowest BCUT2D eigenvalue weighted by Crippen LogP contribution is -2.33. The molecule has 0 aromatic heterocycles. The van der Waals surface area contributed by atoms with E-state index in [2.05, 4.69) is 5.32 Å². The normalized spacial score (nSPS) is 11.4. The lowest BCUT2D eigenvalue weighted by molar-refractivity contribution is -0.137. The molecule has 0 fully saturated rings. The van der Waals surface area contributed by atoms with Gasteiger partial charge in [-0.25, -0.2) is 0 Å². The summed E-state index contributed by atoms with van der Waals surface area (Å²) in [6.07, 6.45) is 0. The highest BCUT2D eigenvalue weighted by Crippen LogP contribution is 2.20. The minimum absolute atomic E-state index is 0.0819. The number of carboxylic acids is 1. The van der Waals surface area contributed by atoms with Gasteiger partial charge in [-0.1, -0.05) is 11.6 Å². The molecule has 8 heteroatoms. The Morgan fingerprint density at radius 1 is 1.55 bits per heavy atom. The number of carbonyl (C=O) groups is 2. The quantitative estimate of drug-likeness (QED) is 0.728. The Labute approximate surface area is 124 Å². The Bertz CT molecular complexity index is 559. The van der Waals surface area contributed by atoms with Crippen molar-refractivity contribution in [3.63, 3.8) is 0 Å². The summed E-state index contributed by atoms with van der Waals surface area (Å²) >= 11 is 6.96. The Balaban J connectivity index is 2.45. The SMILES string of the molecule is N#Cc1ccc(NC(=O)CSC[C@@H](N)C(=O)O)cc1Cl. The molecule has 6 nitrogen and oxygen atoms in total. The predicted molar refractivity (Wildman–Crippen MR) is 77.7 cm³/mol. The molecule has 106 valence electrons. The molecule has 20 heavy (non-hydrogen) atoms. The average molecular weight is 314 g/mol. The summed E-state index contributed by atoms with van der Waals surface area (Å²) in [6, 6.07) is 5.47. The number of hydrogen-bond donors (Lipinski definition) is 3. The molecule has 1 atom stereocenters. The summed E-state index contributed by atoms with van der Waals surface area (Å²) < 4.78 is 0. The molecular weight excluding hydrogens is 302 g/mol. The van der Waals surface area contributed by atoms with Gasteiger partial charge in [0.1, 0.15) is 12.1 Å². The number of thioether (sulfide) groups is 1. The van der Waals surface area contributed by atoms with E-state index in [0.29, 0.717) is 11.3 Å². The number of nitrogens with zero attached hydrogens (tertiary/aromatic N) is 1. The number of aliphatic carboxylic acids is 1. The van der Waals surface area contributed by atoms with Crippen molar-refractivity contribution in [2.24, 2.45) is 5.73 Å². The van der Waals surface area contributed by atoms with Gasteiger partial charge in [0, 0.05) is 11.4 Å². The van der Waals surface area contributed by atoms with Crippen LogP contribution >= 0.6 is 23.4 Å². The average Bonchev–Trinajstić information content (AvgIpc) is 2.38. The lowest BCUT2D eigenvalue weighted by atomic mass is 10.2. The fourth-order valence-corrected chi connectivity index (χ4v) is 2.23. The van der Waals surface area contributed by atoms with Crippen LogP contribution in [0.25, 0.3) is 0 Å². The van der Waals surface area contributed by atoms with Gasteiger partial charge in [0.2, 0.25) is 5.91 Å². The van der Waals surface area contributed by atoms with Crippen molar-refractivity contribution in [3.05, 3.63) is 28.8 Å². The number of nitriles is 1. The molecule has 1 rings (SSSR count). The minimum Gasteiger partial charge on any atom is -0.480 e. The third-order valence-corrected chi connectivity index (χ3v) is 3.59. The van der Waals surface area contributed by atoms with Gasteiger partial charge in [-0.2, -0.15) is 5.26 Å². The van der Waals surface area contributed by atoms with Gasteiger partial charge in [-0.05, 0) is 18.2 Å². The van der Waals surface area contributed by atoms with E-state index >= 15 is 0 Å². The Morgan fingerprint density at radius 2 is 2.25 bits per heavy atom. The van der Waals surface area contributed by atoms with Gasteiger partial charge < -0.3 is 16.2 Å². The van der Waals surface area contributed by atoms with E-state index in [4.69, 9.17) is 27.7 Å². The molecule has 1 amide bonds. The first-order chi connectivity index (χ1) is 9.43. The second kappa shape index (κ2) is 7.75. The molecule has 0 saturated heterocycles. The molecule has 0 aliphatic rings. The fraction of sp³-hybridized carbons (Fsp3) is 0.250. The number of halogens is 1. The smallest absolute Gasteiger partial charge is 0.321 e. The lowest BCUT2D eigenvalue weighted by Gasteiger charge is -2.07. The maximum absolute atomic E-state index is 11.6. The van der Waals surface area contributed by atoms with Crippen molar-refractivity contribution in [2.45, 2.75) is 6.04 Å². The highest BCUT2D eigenvalue weighted by Gasteiger charge is 2.12. The summed E-state index contributed by atoms with van der Waals surface area (Å²) in [4.78, 5) is 22.1. The van der Waals surface area contributed by atoms with Crippen LogP contribution in [0.3, 0.4) is 0 Å². The summed E-state index contributed by atoms with van der Waals surface area (Å²) in [5.74, 6) is -1.17.